The van der Waals surface area contributed by atoms with Gasteiger partial charge in [0.1, 0.15) is 5.82 Å². The number of benzene rings is 2. The molecule has 2 aliphatic heterocycles. The third-order valence-electron chi connectivity index (χ3n) is 8.58. The Kier molecular flexibility index (Phi) is 4.83. The largest absolute Gasteiger partial charge is 0.378 e. The van der Waals surface area contributed by atoms with Gasteiger partial charge in [-0.05, 0) is 66.1 Å². The van der Waals surface area contributed by atoms with Gasteiger partial charge in [0, 0.05) is 35.8 Å². The molecule has 3 aromatic rings. The van der Waals surface area contributed by atoms with E-state index >= 15 is 0 Å². The Morgan fingerprint density at radius 2 is 1.61 bits per heavy atom. The number of aromatic nitrogens is 1. The number of carbonyl (C=O) groups is 2. The highest BCUT2D eigenvalue weighted by Crippen LogP contribution is 2.68. The van der Waals surface area contributed by atoms with Crippen molar-refractivity contribution >= 4 is 46.3 Å². The number of amides is 2. The molecule has 2 saturated carbocycles. The van der Waals surface area contributed by atoms with E-state index in [9.17, 15) is 18.8 Å². The summed E-state index contributed by atoms with van der Waals surface area (Å²) < 4.78 is 13.5. The van der Waals surface area contributed by atoms with Crippen LogP contribution in [0.5, 0.6) is 0 Å². The van der Waals surface area contributed by atoms with Crippen LogP contribution in [0.2, 0.25) is 0 Å². The van der Waals surface area contributed by atoms with Gasteiger partial charge < -0.3 is 9.88 Å². The van der Waals surface area contributed by atoms with Gasteiger partial charge >= 0.3 is 4.87 Å². The smallest absolute Gasteiger partial charge is 0.305 e. The second-order valence-corrected chi connectivity index (χ2v) is 12.6. The number of hydrogen-bond donors (Lipinski definition) is 1. The Bertz CT molecular complexity index is 1450. The predicted molar refractivity (Wildman–Crippen MR) is 138 cm³/mol. The van der Waals surface area contributed by atoms with Crippen LogP contribution in [-0.4, -0.2) is 36.1 Å². The number of thiazole rings is 1. The van der Waals surface area contributed by atoms with Crippen molar-refractivity contribution in [2.24, 2.45) is 29.6 Å². The standard InChI is InChI=1S/C27H24FN3O3S2/c1-30(2)14-7-3-12(4-8-14)18-19-16-11-17(22(19)35-24-23(18)36-27(34)29-24)21-20(16)25(32)31(26(21)33)15-9-5-13(28)6-10-15/h3-10,16-22H,11H2,1-2H3,(H,29,34)/t16-,17+,18-,19-,20+,21-,22-/m1/s1. The molecular formula is C27H24FN3O3S2. The van der Waals surface area contributed by atoms with Gasteiger partial charge in [0.05, 0.1) is 22.5 Å². The molecule has 7 atom stereocenters. The minimum Gasteiger partial charge on any atom is -0.378 e. The van der Waals surface area contributed by atoms with Gasteiger partial charge in [-0.3, -0.25) is 19.3 Å². The second kappa shape index (κ2) is 7.79. The Balaban J connectivity index is 1.31. The normalized spacial score (nSPS) is 32.0. The lowest BCUT2D eigenvalue weighted by molar-refractivity contribution is -0.123. The molecule has 0 spiro atoms. The van der Waals surface area contributed by atoms with Crippen molar-refractivity contribution in [2.45, 2.75) is 22.6 Å². The summed E-state index contributed by atoms with van der Waals surface area (Å²) in [5.41, 5.74) is 2.68. The van der Waals surface area contributed by atoms with E-state index in [0.29, 0.717) is 5.69 Å². The first-order chi connectivity index (χ1) is 17.3. The number of hydrogen-bond acceptors (Lipinski definition) is 6. The monoisotopic (exact) mass is 521 g/mol. The van der Waals surface area contributed by atoms with Crippen LogP contribution in [0.4, 0.5) is 15.8 Å². The van der Waals surface area contributed by atoms with E-state index in [1.807, 2.05) is 14.1 Å². The topological polar surface area (TPSA) is 73.5 Å². The molecule has 9 heteroatoms. The molecule has 1 saturated heterocycles. The number of anilines is 2. The molecule has 0 radical (unpaired) electrons. The molecule has 6 nitrogen and oxygen atoms in total. The van der Waals surface area contributed by atoms with Gasteiger partial charge in [0.2, 0.25) is 11.8 Å². The van der Waals surface area contributed by atoms with E-state index in [0.717, 1.165) is 27.6 Å². The number of carbonyl (C=O) groups excluding carboxylic acids is 2. The van der Waals surface area contributed by atoms with E-state index in [2.05, 4.69) is 34.1 Å². The summed E-state index contributed by atoms with van der Waals surface area (Å²) in [4.78, 5) is 47.1. The van der Waals surface area contributed by atoms with E-state index in [1.54, 1.807) is 11.8 Å². The van der Waals surface area contributed by atoms with Crippen molar-refractivity contribution in [3.8, 4) is 0 Å². The van der Waals surface area contributed by atoms with Gasteiger partial charge in [0.15, 0.2) is 0 Å². The summed E-state index contributed by atoms with van der Waals surface area (Å²) in [5.74, 6) is -1.16. The predicted octanol–water partition coefficient (Wildman–Crippen LogP) is 4.32. The maximum Gasteiger partial charge on any atom is 0.305 e. The van der Waals surface area contributed by atoms with Crippen LogP contribution >= 0.6 is 23.1 Å². The lowest BCUT2D eigenvalue weighted by Gasteiger charge is -2.43. The minimum absolute atomic E-state index is 0.00476. The third-order valence-corrected chi connectivity index (χ3v) is 11.2. The van der Waals surface area contributed by atoms with Crippen LogP contribution < -0.4 is 14.7 Å². The fourth-order valence-corrected chi connectivity index (χ4v) is 10.1. The fourth-order valence-electron chi connectivity index (χ4n) is 7.21. The first-order valence-corrected chi connectivity index (χ1v) is 13.8. The summed E-state index contributed by atoms with van der Waals surface area (Å²) in [6, 6.07) is 14.1. The molecule has 184 valence electrons. The number of nitrogens with one attached hydrogen (secondary N) is 1. The Morgan fingerprint density at radius 3 is 2.28 bits per heavy atom. The molecule has 1 N–H and O–H groups in total. The molecule has 36 heavy (non-hydrogen) atoms. The maximum absolute atomic E-state index is 13.7. The number of aromatic amines is 1. The van der Waals surface area contributed by atoms with Crippen LogP contribution in [0, 0.1) is 35.4 Å². The fraction of sp³-hybridized carbons (Fsp3) is 0.370. The van der Waals surface area contributed by atoms with Crippen LogP contribution in [0.3, 0.4) is 0 Å². The van der Waals surface area contributed by atoms with Gasteiger partial charge in [-0.1, -0.05) is 23.5 Å². The first-order valence-electron chi connectivity index (χ1n) is 12.1. The first kappa shape index (κ1) is 22.3. The highest BCUT2D eigenvalue weighted by molar-refractivity contribution is 8.00. The van der Waals surface area contributed by atoms with Gasteiger partial charge in [-0.2, -0.15) is 0 Å². The van der Waals surface area contributed by atoms with Gasteiger partial charge in [-0.15, -0.1) is 11.8 Å². The molecule has 0 unspecified atom stereocenters. The van der Waals surface area contributed by atoms with Crippen LogP contribution in [0.1, 0.15) is 22.8 Å². The summed E-state index contributed by atoms with van der Waals surface area (Å²) in [5, 5.41) is 1.06. The molecule has 1 aromatic heterocycles. The van der Waals surface area contributed by atoms with E-state index in [4.69, 9.17) is 0 Å². The summed E-state index contributed by atoms with van der Waals surface area (Å²) in [6.07, 6.45) is 0.845. The van der Waals surface area contributed by atoms with Crippen LogP contribution in [0.25, 0.3) is 0 Å². The zero-order valence-corrected chi connectivity index (χ0v) is 21.3. The molecule has 2 amide bonds. The molecular weight excluding hydrogens is 497 g/mol. The number of halogens is 1. The number of H-pyrrole nitrogens is 1. The average Bonchev–Trinajstić information content (AvgIpc) is 3.59. The second-order valence-electron chi connectivity index (χ2n) is 10.4. The van der Waals surface area contributed by atoms with Crippen molar-refractivity contribution < 1.29 is 14.0 Å². The Hall–Kier alpha value is -2.91. The maximum atomic E-state index is 13.7. The van der Waals surface area contributed by atoms with E-state index in [-0.39, 0.29) is 57.4 Å². The molecule has 7 rings (SSSR count). The highest BCUT2D eigenvalue weighted by atomic mass is 32.2. The number of thioether (sulfide) groups is 1. The van der Waals surface area contributed by atoms with E-state index in [1.165, 1.54) is 40.5 Å². The third kappa shape index (κ3) is 2.99. The number of imide groups is 1. The zero-order valence-electron chi connectivity index (χ0n) is 19.7. The van der Waals surface area contributed by atoms with Crippen molar-refractivity contribution in [2.75, 3.05) is 23.9 Å². The highest BCUT2D eigenvalue weighted by Gasteiger charge is 2.69. The molecule has 2 aliphatic carbocycles. The lowest BCUT2D eigenvalue weighted by Crippen LogP contribution is -2.42. The van der Waals surface area contributed by atoms with Gasteiger partial charge in [0.25, 0.3) is 0 Å². The minimum atomic E-state index is -0.399. The Morgan fingerprint density at radius 1 is 0.944 bits per heavy atom. The molecule has 3 heterocycles. The summed E-state index contributed by atoms with van der Waals surface area (Å²) >= 11 is 2.95. The van der Waals surface area contributed by atoms with Gasteiger partial charge in [-0.25, -0.2) is 4.39 Å². The summed E-state index contributed by atoms with van der Waals surface area (Å²) in [7, 11) is 4.01. The van der Waals surface area contributed by atoms with E-state index < -0.39 is 5.82 Å². The molecule has 2 aromatic carbocycles. The van der Waals surface area contributed by atoms with Crippen molar-refractivity contribution in [1.29, 1.82) is 0 Å². The van der Waals surface area contributed by atoms with Crippen molar-refractivity contribution in [3.05, 3.63) is 74.5 Å². The molecule has 3 fully saturated rings. The number of fused-ring (bicyclic) bond motifs is 9. The molecule has 4 aliphatic rings. The van der Waals surface area contributed by atoms with Crippen molar-refractivity contribution in [1.82, 2.24) is 4.98 Å². The zero-order chi connectivity index (χ0) is 24.9. The lowest BCUT2D eigenvalue weighted by atomic mass is 9.68. The molecule has 2 bridgehead atoms. The van der Waals surface area contributed by atoms with Crippen LogP contribution in [-0.2, 0) is 9.59 Å². The quantitative estimate of drug-likeness (QED) is 0.520. The number of nitrogens with zero attached hydrogens (tertiary/aromatic N) is 2. The SMILES string of the molecule is CN(C)c1ccc([C@H]2c3sc(=O)[nH]c3S[C@@H]3[C@H]4C[C@@H]([C@@H]5C(=O)N(c6ccc(F)cc6)C(=O)[C@H]45)[C@H]23)cc1. The van der Waals surface area contributed by atoms with Crippen molar-refractivity contribution in [3.63, 3.8) is 0 Å². The number of rotatable bonds is 3. The van der Waals surface area contributed by atoms with Crippen LogP contribution in [0.15, 0.2) is 58.4 Å². The summed E-state index contributed by atoms with van der Waals surface area (Å²) in [6.45, 7) is 0. The average molecular weight is 522 g/mol. The Labute approximate surface area is 215 Å².